The maximum atomic E-state index is 5.68. The molecule has 0 aliphatic carbocycles. The lowest BCUT2D eigenvalue weighted by molar-refractivity contribution is 0.0389. The first kappa shape index (κ1) is 21.9. The van der Waals surface area contributed by atoms with E-state index >= 15 is 0 Å². The minimum absolute atomic E-state index is 0. The Hall–Kier alpha value is -1.13. The lowest BCUT2D eigenvalue weighted by Gasteiger charge is -2.26. The number of ether oxygens (including phenoxy) is 2. The molecule has 0 spiro atoms. The molecule has 1 aliphatic rings. The lowest BCUT2D eigenvalue weighted by Crippen LogP contribution is -2.44. The normalized spacial score (nSPS) is 15.4. The summed E-state index contributed by atoms with van der Waals surface area (Å²) in [7, 11) is 1.78. The van der Waals surface area contributed by atoms with E-state index in [9.17, 15) is 0 Å². The number of pyridine rings is 1. The van der Waals surface area contributed by atoms with Gasteiger partial charge in [0.05, 0.1) is 19.8 Å². The van der Waals surface area contributed by atoms with E-state index in [1.54, 1.807) is 13.2 Å². The Labute approximate surface area is 167 Å². The summed E-state index contributed by atoms with van der Waals surface area (Å²) in [6.07, 6.45) is 2.72. The number of guanidine groups is 1. The Morgan fingerprint density at radius 3 is 2.88 bits per heavy atom. The first-order valence-electron chi connectivity index (χ1n) is 8.64. The number of aliphatic imine (C=N–C) groups is 1. The number of rotatable bonds is 8. The number of halogens is 1. The zero-order valence-corrected chi connectivity index (χ0v) is 17.5. The molecule has 0 radical (unpaired) electrons. The van der Waals surface area contributed by atoms with E-state index in [-0.39, 0.29) is 24.0 Å². The van der Waals surface area contributed by atoms with Crippen LogP contribution in [-0.2, 0) is 11.3 Å². The highest BCUT2D eigenvalue weighted by Gasteiger charge is 2.10. The number of nitrogens with zero attached hydrogens (tertiary/aromatic N) is 3. The summed E-state index contributed by atoms with van der Waals surface area (Å²) in [6.45, 7) is 8.89. The summed E-state index contributed by atoms with van der Waals surface area (Å²) in [4.78, 5) is 11.0. The summed E-state index contributed by atoms with van der Waals surface area (Å²) in [6, 6.07) is 3.94. The van der Waals surface area contributed by atoms with Gasteiger partial charge in [-0.1, -0.05) is 13.0 Å². The Kier molecular flexibility index (Phi) is 11.5. The molecule has 0 atom stereocenters. The molecule has 0 unspecified atom stereocenters. The van der Waals surface area contributed by atoms with Crippen molar-refractivity contribution < 1.29 is 9.47 Å². The molecular weight excluding hydrogens is 433 g/mol. The van der Waals surface area contributed by atoms with E-state index in [1.165, 1.54) is 0 Å². The van der Waals surface area contributed by atoms with E-state index in [4.69, 9.17) is 9.47 Å². The highest BCUT2D eigenvalue weighted by Crippen LogP contribution is 2.14. The van der Waals surface area contributed by atoms with Gasteiger partial charge in [-0.15, -0.1) is 24.0 Å². The molecule has 25 heavy (non-hydrogen) atoms. The van der Waals surface area contributed by atoms with Gasteiger partial charge in [-0.3, -0.25) is 9.89 Å². The molecule has 8 heteroatoms. The molecule has 0 amide bonds. The maximum Gasteiger partial charge on any atom is 0.218 e. The standard InChI is InChI=1S/C17H29N5O2.HI/c1-3-11-24-16-15(5-4-6-19-16)14-21-17(18-2)20-7-8-22-9-12-23-13-10-22;/h4-6H,3,7-14H2,1-2H3,(H2,18,20,21);1H. The number of morpholine rings is 1. The van der Waals surface area contributed by atoms with Crippen molar-refractivity contribution in [3.63, 3.8) is 0 Å². The number of hydrogen-bond acceptors (Lipinski definition) is 5. The SMILES string of the molecule is CCCOc1ncccc1CNC(=NC)NCCN1CCOCC1.I. The van der Waals surface area contributed by atoms with Crippen LogP contribution in [0.4, 0.5) is 0 Å². The van der Waals surface area contributed by atoms with E-state index in [2.05, 4.69) is 32.4 Å². The first-order valence-corrected chi connectivity index (χ1v) is 8.64. The molecule has 142 valence electrons. The second-order valence-electron chi connectivity index (χ2n) is 5.62. The first-order chi connectivity index (χ1) is 11.8. The Balaban J connectivity index is 0.00000312. The molecule has 1 aliphatic heterocycles. The quantitative estimate of drug-likeness (QED) is 0.346. The van der Waals surface area contributed by atoms with Gasteiger partial charge in [0, 0.05) is 51.5 Å². The van der Waals surface area contributed by atoms with Crippen molar-refractivity contribution in [2.45, 2.75) is 19.9 Å². The van der Waals surface area contributed by atoms with Gasteiger partial charge in [0.25, 0.3) is 0 Å². The van der Waals surface area contributed by atoms with Crippen LogP contribution in [0.15, 0.2) is 23.3 Å². The van der Waals surface area contributed by atoms with Crippen LogP contribution >= 0.6 is 24.0 Å². The topological polar surface area (TPSA) is 71.0 Å². The van der Waals surface area contributed by atoms with Crippen LogP contribution in [0.25, 0.3) is 0 Å². The Morgan fingerprint density at radius 2 is 2.16 bits per heavy atom. The molecule has 0 bridgehead atoms. The van der Waals surface area contributed by atoms with Crippen molar-refractivity contribution in [2.75, 3.05) is 53.0 Å². The minimum Gasteiger partial charge on any atom is -0.477 e. The zero-order chi connectivity index (χ0) is 17.0. The number of aromatic nitrogens is 1. The van der Waals surface area contributed by atoms with Crippen LogP contribution in [-0.4, -0.2) is 68.9 Å². The molecule has 1 saturated heterocycles. The third-order valence-corrected chi connectivity index (χ3v) is 3.79. The summed E-state index contributed by atoms with van der Waals surface area (Å²) >= 11 is 0. The predicted molar refractivity (Wildman–Crippen MR) is 111 cm³/mol. The predicted octanol–water partition coefficient (Wildman–Crippen LogP) is 1.49. The van der Waals surface area contributed by atoms with Crippen LogP contribution in [0.2, 0.25) is 0 Å². The van der Waals surface area contributed by atoms with Crippen molar-refractivity contribution in [1.82, 2.24) is 20.5 Å². The largest absolute Gasteiger partial charge is 0.477 e. The van der Waals surface area contributed by atoms with Crippen LogP contribution in [0.1, 0.15) is 18.9 Å². The zero-order valence-electron chi connectivity index (χ0n) is 15.2. The van der Waals surface area contributed by atoms with Crippen molar-refractivity contribution in [3.8, 4) is 5.88 Å². The fourth-order valence-corrected chi connectivity index (χ4v) is 2.44. The number of nitrogens with one attached hydrogen (secondary N) is 2. The lowest BCUT2D eigenvalue weighted by atomic mass is 10.2. The van der Waals surface area contributed by atoms with E-state index in [1.807, 2.05) is 12.1 Å². The molecular formula is C17H30IN5O2. The van der Waals surface area contributed by atoms with Crippen molar-refractivity contribution in [3.05, 3.63) is 23.9 Å². The van der Waals surface area contributed by atoms with Crippen molar-refractivity contribution in [1.29, 1.82) is 0 Å². The van der Waals surface area contributed by atoms with Gasteiger partial charge in [-0.05, 0) is 12.5 Å². The number of hydrogen-bond donors (Lipinski definition) is 2. The van der Waals surface area contributed by atoms with Crippen LogP contribution < -0.4 is 15.4 Å². The molecule has 0 aromatic carbocycles. The summed E-state index contributed by atoms with van der Waals surface area (Å²) in [5.41, 5.74) is 1.03. The second-order valence-corrected chi connectivity index (χ2v) is 5.62. The van der Waals surface area contributed by atoms with Crippen molar-refractivity contribution >= 4 is 29.9 Å². The molecule has 7 nitrogen and oxygen atoms in total. The van der Waals surface area contributed by atoms with Gasteiger partial charge >= 0.3 is 0 Å². The average molecular weight is 463 g/mol. The van der Waals surface area contributed by atoms with E-state index < -0.39 is 0 Å². The molecule has 0 saturated carbocycles. The summed E-state index contributed by atoms with van der Waals surface area (Å²) in [5.74, 6) is 1.48. The van der Waals surface area contributed by atoms with Crippen LogP contribution in [0.3, 0.4) is 0 Å². The third kappa shape index (κ3) is 8.19. The van der Waals surface area contributed by atoms with Gasteiger partial charge < -0.3 is 20.1 Å². The molecule has 2 rings (SSSR count). The molecule has 1 fully saturated rings. The van der Waals surface area contributed by atoms with Crippen molar-refractivity contribution in [2.24, 2.45) is 4.99 Å². The fourth-order valence-electron chi connectivity index (χ4n) is 2.44. The maximum absolute atomic E-state index is 5.68. The smallest absolute Gasteiger partial charge is 0.218 e. The highest BCUT2D eigenvalue weighted by atomic mass is 127. The summed E-state index contributed by atoms with van der Waals surface area (Å²) in [5, 5.41) is 6.66. The van der Waals surface area contributed by atoms with Gasteiger partial charge in [-0.25, -0.2) is 4.98 Å². The fraction of sp³-hybridized carbons (Fsp3) is 0.647. The van der Waals surface area contributed by atoms with Gasteiger partial charge in [0.15, 0.2) is 5.96 Å². The second kappa shape index (κ2) is 13.1. The van der Waals surface area contributed by atoms with Gasteiger partial charge in [0.1, 0.15) is 0 Å². The highest BCUT2D eigenvalue weighted by molar-refractivity contribution is 14.0. The molecule has 2 heterocycles. The molecule has 1 aromatic rings. The Morgan fingerprint density at radius 1 is 1.36 bits per heavy atom. The molecule has 2 N–H and O–H groups in total. The Bertz CT molecular complexity index is 510. The third-order valence-electron chi connectivity index (χ3n) is 3.79. The van der Waals surface area contributed by atoms with E-state index in [0.717, 1.165) is 57.3 Å². The average Bonchev–Trinajstić information content (AvgIpc) is 2.64. The monoisotopic (exact) mass is 463 g/mol. The van der Waals surface area contributed by atoms with Gasteiger partial charge in [0.2, 0.25) is 5.88 Å². The van der Waals surface area contributed by atoms with Crippen LogP contribution in [0, 0.1) is 0 Å². The minimum atomic E-state index is 0. The van der Waals surface area contributed by atoms with Gasteiger partial charge in [-0.2, -0.15) is 0 Å². The van der Waals surface area contributed by atoms with E-state index in [0.29, 0.717) is 19.0 Å². The van der Waals surface area contributed by atoms with Crippen LogP contribution in [0.5, 0.6) is 5.88 Å². The molecule has 1 aromatic heterocycles. The summed E-state index contributed by atoms with van der Waals surface area (Å²) < 4.78 is 11.0.